The van der Waals surface area contributed by atoms with E-state index in [-0.39, 0.29) is 0 Å². The second-order valence-corrected chi connectivity index (χ2v) is 7.70. The summed E-state index contributed by atoms with van der Waals surface area (Å²) in [5, 5.41) is 8.40. The maximum atomic E-state index is 12.2. The fraction of sp³-hybridized carbons (Fsp3) is 0.130. The van der Waals surface area contributed by atoms with Gasteiger partial charge in [0.05, 0.1) is 5.71 Å². The van der Waals surface area contributed by atoms with E-state index < -0.39 is 17.8 Å². The van der Waals surface area contributed by atoms with Crippen LogP contribution in [0.5, 0.6) is 5.75 Å². The molecule has 0 saturated heterocycles. The number of nitrogens with one attached hydrogen (secondary N) is 2. The van der Waals surface area contributed by atoms with Gasteiger partial charge in [0.2, 0.25) is 0 Å². The Morgan fingerprint density at radius 3 is 2.19 bits per heavy atom. The van der Waals surface area contributed by atoms with Gasteiger partial charge in [-0.25, -0.2) is 10.2 Å². The average molecular weight is 436 g/mol. The number of ether oxygens (including phenoxy) is 1. The third-order valence-electron chi connectivity index (χ3n) is 4.46. The van der Waals surface area contributed by atoms with Crippen molar-refractivity contribution in [2.45, 2.75) is 20.8 Å². The lowest BCUT2D eigenvalue weighted by atomic mass is 10.1. The largest absolute Gasteiger partial charge is 0.422 e. The summed E-state index contributed by atoms with van der Waals surface area (Å²) in [6, 6.07) is 15.7. The standard InChI is InChI=1S/C23H21N3O4S/c1-14-6-4-7-15(2)20(14)24-21(27)22(28)26-25-16(3)17-9-11-18(12-10-17)30-23(29)19-8-5-13-31-19/h4-13H,1-3H3,(H,24,27)(H,26,28)/b25-16+. The minimum Gasteiger partial charge on any atom is -0.422 e. The molecule has 0 aliphatic heterocycles. The van der Waals surface area contributed by atoms with Crippen LogP contribution in [0.4, 0.5) is 5.69 Å². The minimum atomic E-state index is -0.872. The summed E-state index contributed by atoms with van der Waals surface area (Å²) >= 11 is 1.31. The molecule has 31 heavy (non-hydrogen) atoms. The number of hydrogen-bond acceptors (Lipinski definition) is 6. The van der Waals surface area contributed by atoms with Gasteiger partial charge in [-0.05, 0) is 73.2 Å². The third-order valence-corrected chi connectivity index (χ3v) is 5.31. The number of rotatable bonds is 5. The second kappa shape index (κ2) is 9.82. The summed E-state index contributed by atoms with van der Waals surface area (Å²) in [6.07, 6.45) is 0. The molecule has 7 nitrogen and oxygen atoms in total. The first kappa shape index (κ1) is 21.9. The van der Waals surface area contributed by atoms with E-state index in [0.29, 0.717) is 27.6 Å². The van der Waals surface area contributed by atoms with E-state index in [9.17, 15) is 14.4 Å². The molecule has 158 valence electrons. The predicted molar refractivity (Wildman–Crippen MR) is 121 cm³/mol. The Labute approximate surface area is 183 Å². The first-order valence-corrected chi connectivity index (χ1v) is 10.3. The Hall–Kier alpha value is -3.78. The monoisotopic (exact) mass is 435 g/mol. The van der Waals surface area contributed by atoms with Crippen LogP contribution in [-0.2, 0) is 9.59 Å². The molecule has 8 heteroatoms. The lowest BCUT2D eigenvalue weighted by molar-refractivity contribution is -0.136. The highest BCUT2D eigenvalue weighted by atomic mass is 32.1. The topological polar surface area (TPSA) is 96.9 Å². The zero-order valence-corrected chi connectivity index (χ0v) is 18.1. The highest BCUT2D eigenvalue weighted by molar-refractivity contribution is 7.12. The lowest BCUT2D eigenvalue weighted by Gasteiger charge is -2.10. The SMILES string of the molecule is C/C(=N\NC(=O)C(=O)Nc1c(C)cccc1C)c1ccc(OC(=O)c2cccs2)cc1. The molecule has 0 spiro atoms. The fourth-order valence-corrected chi connectivity index (χ4v) is 3.35. The molecular weight excluding hydrogens is 414 g/mol. The summed E-state index contributed by atoms with van der Waals surface area (Å²) in [5.74, 6) is -1.70. The number of amides is 2. The molecule has 2 N–H and O–H groups in total. The number of thiophene rings is 1. The maximum absolute atomic E-state index is 12.2. The van der Waals surface area contributed by atoms with Crippen molar-refractivity contribution in [3.05, 3.63) is 81.5 Å². The quantitative estimate of drug-likeness (QED) is 0.208. The van der Waals surface area contributed by atoms with Crippen molar-refractivity contribution in [3.63, 3.8) is 0 Å². The Morgan fingerprint density at radius 1 is 0.903 bits per heavy atom. The lowest BCUT2D eigenvalue weighted by Crippen LogP contribution is -2.33. The normalized spacial score (nSPS) is 11.0. The van der Waals surface area contributed by atoms with Crippen LogP contribution in [0.2, 0.25) is 0 Å². The molecule has 0 radical (unpaired) electrons. The molecule has 2 amide bonds. The molecule has 0 unspecified atom stereocenters. The van der Waals surface area contributed by atoms with E-state index in [1.807, 2.05) is 32.0 Å². The van der Waals surface area contributed by atoms with Crippen LogP contribution >= 0.6 is 11.3 Å². The molecule has 1 aromatic heterocycles. The number of para-hydroxylation sites is 1. The van der Waals surface area contributed by atoms with E-state index in [4.69, 9.17) is 4.74 Å². The van der Waals surface area contributed by atoms with Gasteiger partial charge >= 0.3 is 17.8 Å². The Balaban J connectivity index is 1.58. The molecule has 0 aliphatic carbocycles. The number of aryl methyl sites for hydroxylation is 2. The second-order valence-electron chi connectivity index (χ2n) is 6.75. The van der Waals surface area contributed by atoms with Gasteiger partial charge in [0.25, 0.3) is 0 Å². The van der Waals surface area contributed by atoms with Crippen LogP contribution in [0.15, 0.2) is 65.1 Å². The number of carbonyl (C=O) groups excluding carboxylic acids is 3. The third kappa shape index (κ3) is 5.64. The predicted octanol–water partition coefficient (Wildman–Crippen LogP) is 4.06. The van der Waals surface area contributed by atoms with Crippen LogP contribution in [0.25, 0.3) is 0 Å². The maximum Gasteiger partial charge on any atom is 0.353 e. The van der Waals surface area contributed by atoms with Crippen LogP contribution in [0, 0.1) is 13.8 Å². The number of benzene rings is 2. The number of esters is 1. The van der Waals surface area contributed by atoms with Gasteiger partial charge < -0.3 is 10.1 Å². The molecule has 1 heterocycles. The number of nitrogens with zero attached hydrogens (tertiary/aromatic N) is 1. The highest BCUT2D eigenvalue weighted by Gasteiger charge is 2.15. The number of anilines is 1. The van der Waals surface area contributed by atoms with Crippen LogP contribution < -0.4 is 15.5 Å². The molecule has 0 fully saturated rings. The van der Waals surface area contributed by atoms with Crippen molar-refractivity contribution >= 4 is 40.5 Å². The van der Waals surface area contributed by atoms with E-state index in [2.05, 4.69) is 15.8 Å². The van der Waals surface area contributed by atoms with Crippen molar-refractivity contribution in [3.8, 4) is 5.75 Å². The Morgan fingerprint density at radius 2 is 1.58 bits per heavy atom. The molecule has 2 aromatic carbocycles. The van der Waals surface area contributed by atoms with E-state index in [1.165, 1.54) is 11.3 Å². The molecule has 0 bridgehead atoms. The zero-order chi connectivity index (χ0) is 22.4. The molecule has 3 aromatic rings. The van der Waals surface area contributed by atoms with Gasteiger partial charge in [0.15, 0.2) is 0 Å². The fourth-order valence-electron chi connectivity index (χ4n) is 2.75. The first-order valence-electron chi connectivity index (χ1n) is 9.43. The summed E-state index contributed by atoms with van der Waals surface area (Å²) in [4.78, 5) is 36.8. The van der Waals surface area contributed by atoms with Crippen molar-refractivity contribution in [1.82, 2.24) is 5.43 Å². The Bertz CT molecular complexity index is 1120. The summed E-state index contributed by atoms with van der Waals surface area (Å²) in [7, 11) is 0. The first-order chi connectivity index (χ1) is 14.8. The van der Waals surface area contributed by atoms with Gasteiger partial charge in [-0.15, -0.1) is 11.3 Å². The zero-order valence-electron chi connectivity index (χ0n) is 17.3. The smallest absolute Gasteiger partial charge is 0.353 e. The van der Waals surface area contributed by atoms with E-state index >= 15 is 0 Å². The van der Waals surface area contributed by atoms with E-state index in [1.54, 1.807) is 48.7 Å². The van der Waals surface area contributed by atoms with Gasteiger partial charge in [0.1, 0.15) is 10.6 Å². The van der Waals surface area contributed by atoms with Crippen molar-refractivity contribution in [1.29, 1.82) is 0 Å². The molecule has 0 atom stereocenters. The van der Waals surface area contributed by atoms with E-state index in [0.717, 1.165) is 11.1 Å². The van der Waals surface area contributed by atoms with Gasteiger partial charge in [-0.3, -0.25) is 9.59 Å². The van der Waals surface area contributed by atoms with Gasteiger partial charge in [-0.2, -0.15) is 5.10 Å². The van der Waals surface area contributed by atoms with Crippen LogP contribution in [-0.4, -0.2) is 23.5 Å². The summed E-state index contributed by atoms with van der Waals surface area (Å²) in [5.41, 5.74) is 5.78. The summed E-state index contributed by atoms with van der Waals surface area (Å²) < 4.78 is 5.31. The van der Waals surface area contributed by atoms with Gasteiger partial charge in [-0.1, -0.05) is 24.3 Å². The average Bonchev–Trinajstić information content (AvgIpc) is 3.30. The number of hydrogen-bond donors (Lipinski definition) is 2. The highest BCUT2D eigenvalue weighted by Crippen LogP contribution is 2.19. The summed E-state index contributed by atoms with van der Waals surface area (Å²) in [6.45, 7) is 5.39. The molecule has 3 rings (SSSR count). The van der Waals surface area contributed by atoms with Crippen LogP contribution in [0.3, 0.4) is 0 Å². The van der Waals surface area contributed by atoms with Crippen molar-refractivity contribution < 1.29 is 19.1 Å². The van der Waals surface area contributed by atoms with Crippen LogP contribution in [0.1, 0.15) is 33.3 Å². The number of hydrazone groups is 1. The molecular formula is C23H21N3O4S. The number of carbonyl (C=O) groups is 3. The van der Waals surface area contributed by atoms with Crippen molar-refractivity contribution in [2.75, 3.05) is 5.32 Å². The minimum absolute atomic E-state index is 0.395. The van der Waals surface area contributed by atoms with Crippen molar-refractivity contribution in [2.24, 2.45) is 5.10 Å². The molecule has 0 aliphatic rings. The van der Waals surface area contributed by atoms with Gasteiger partial charge in [0, 0.05) is 5.69 Å². The molecule has 0 saturated carbocycles. The Kier molecular flexibility index (Phi) is 6.94.